The lowest BCUT2D eigenvalue weighted by molar-refractivity contribution is 0.844. The molecule has 1 heterocycles. The molecule has 180 valence electrons. The van der Waals surface area contributed by atoms with E-state index in [0.717, 1.165) is 6.17 Å². The van der Waals surface area contributed by atoms with E-state index in [1.165, 1.54) is 33.8 Å². The Kier molecular flexibility index (Phi) is 9.12. The second-order valence-corrected chi connectivity index (χ2v) is 13.5. The Hall–Kier alpha value is -3.63. The number of hydrogen-bond donors (Lipinski definition) is 0. The fraction of sp³-hybridized carbons (Fsp3) is 0.156. The summed E-state index contributed by atoms with van der Waals surface area (Å²) >= 11 is 0. The van der Waals surface area contributed by atoms with Crippen LogP contribution >= 0.6 is 0 Å². The van der Waals surface area contributed by atoms with Gasteiger partial charge in [-0.2, -0.15) is 0 Å². The topological polar surface area (TPSA) is 17.8 Å². The van der Waals surface area contributed by atoms with E-state index in [9.17, 15) is 0 Å². The lowest BCUT2D eigenvalue weighted by Crippen LogP contribution is -2.61. The molecule has 0 radical (unpaired) electrons. The summed E-state index contributed by atoms with van der Waals surface area (Å²) in [6.45, 7) is 5.02. The molecule has 4 aromatic carbocycles. The second kappa shape index (κ2) is 12.9. The van der Waals surface area contributed by atoms with Crippen LogP contribution in [0.4, 0.5) is 0 Å². The average Bonchev–Trinajstić information content (AvgIpc) is 3.48. The van der Waals surface area contributed by atoms with Gasteiger partial charge in [0.05, 0.1) is 6.33 Å². The largest absolute Gasteiger partial charge is 0.340 e. The highest BCUT2D eigenvalue weighted by Crippen LogP contribution is 2.16. The zero-order chi connectivity index (χ0) is 25.1. The second-order valence-electron chi connectivity index (χ2n) is 9.34. The van der Waals surface area contributed by atoms with Gasteiger partial charge in [0, 0.05) is 18.6 Å². The van der Waals surface area contributed by atoms with E-state index in [0.29, 0.717) is 6.71 Å². The Morgan fingerprint density at radius 2 is 1.11 bits per heavy atom. The highest BCUT2D eigenvalue weighted by molar-refractivity contribution is 7.01. The molecule has 4 heteroatoms. The van der Waals surface area contributed by atoms with Crippen molar-refractivity contribution < 1.29 is 0 Å². The molecule has 0 aliphatic heterocycles. The van der Waals surface area contributed by atoms with E-state index >= 15 is 0 Å². The first-order valence-electron chi connectivity index (χ1n) is 12.9. The minimum Gasteiger partial charge on any atom is -0.340 e. The molecule has 1 aromatic heterocycles. The maximum atomic E-state index is 4.24. The number of nitrogens with zero attached hydrogens (tertiary/aromatic N) is 2. The summed E-state index contributed by atoms with van der Waals surface area (Å²) in [5.74, 6) is 0. The molecule has 0 fully saturated rings. The summed E-state index contributed by atoms with van der Waals surface area (Å²) < 4.78 is 2.25. The van der Waals surface area contributed by atoms with E-state index in [2.05, 4.69) is 151 Å². The third kappa shape index (κ3) is 6.32. The number of aromatic nitrogens is 2. The molecule has 0 aliphatic carbocycles. The molecule has 0 bridgehead atoms. The molecule has 0 N–H and O–H groups in total. The summed E-state index contributed by atoms with van der Waals surface area (Å²) in [5.41, 5.74) is 2.75. The molecule has 2 nitrogen and oxygen atoms in total. The SMILES string of the molecule is CB(c1ccccc1)c1ccccc1.CCC[Si](Cn1ccnc1)(c1ccccc1)c1ccccc1. The van der Waals surface area contributed by atoms with Crippen LogP contribution in [0.15, 0.2) is 140 Å². The Morgan fingerprint density at radius 3 is 1.50 bits per heavy atom. The monoisotopic (exact) mass is 486 g/mol. The summed E-state index contributed by atoms with van der Waals surface area (Å²) in [4.78, 5) is 4.24. The maximum absolute atomic E-state index is 4.24. The minimum atomic E-state index is -1.83. The molecular weight excluding hydrogens is 451 g/mol. The van der Waals surface area contributed by atoms with Gasteiger partial charge in [0.1, 0.15) is 8.07 Å². The summed E-state index contributed by atoms with van der Waals surface area (Å²) in [5, 5.41) is 3.02. The smallest absolute Gasteiger partial charge is 0.206 e. The van der Waals surface area contributed by atoms with Gasteiger partial charge in [0.15, 0.2) is 0 Å². The fourth-order valence-electron chi connectivity index (χ4n) is 5.03. The number of hydrogen-bond acceptors (Lipinski definition) is 1. The number of rotatable bonds is 8. The van der Waals surface area contributed by atoms with Crippen molar-refractivity contribution in [1.82, 2.24) is 9.55 Å². The van der Waals surface area contributed by atoms with Gasteiger partial charge < -0.3 is 4.57 Å². The van der Waals surface area contributed by atoms with Crippen molar-refractivity contribution in [2.24, 2.45) is 0 Å². The zero-order valence-corrected chi connectivity index (χ0v) is 22.4. The van der Waals surface area contributed by atoms with Gasteiger partial charge in [0.25, 0.3) is 0 Å². The van der Waals surface area contributed by atoms with Crippen molar-refractivity contribution in [2.45, 2.75) is 32.4 Å². The maximum Gasteiger partial charge on any atom is 0.206 e. The van der Waals surface area contributed by atoms with Gasteiger partial charge in [-0.15, -0.1) is 0 Å². The van der Waals surface area contributed by atoms with Crippen LogP contribution in [0.25, 0.3) is 0 Å². The number of benzene rings is 4. The first-order valence-corrected chi connectivity index (χ1v) is 15.3. The molecule has 5 aromatic rings. The van der Waals surface area contributed by atoms with Crippen LogP contribution in [0.2, 0.25) is 12.9 Å². The van der Waals surface area contributed by atoms with Gasteiger partial charge in [-0.05, 0) is 6.04 Å². The highest BCUT2D eigenvalue weighted by atomic mass is 28.3. The Morgan fingerprint density at radius 1 is 0.667 bits per heavy atom. The predicted octanol–water partition coefficient (Wildman–Crippen LogP) is 5.02. The van der Waals surface area contributed by atoms with E-state index in [4.69, 9.17) is 0 Å². The van der Waals surface area contributed by atoms with E-state index in [1.54, 1.807) is 0 Å². The molecule has 0 saturated heterocycles. The Balaban J connectivity index is 0.000000187. The van der Waals surface area contributed by atoms with Crippen LogP contribution in [-0.2, 0) is 6.17 Å². The van der Waals surface area contributed by atoms with Crippen molar-refractivity contribution in [3.05, 3.63) is 140 Å². The van der Waals surface area contributed by atoms with Crippen molar-refractivity contribution in [2.75, 3.05) is 0 Å². The molecule has 0 amide bonds. The first-order chi connectivity index (χ1) is 17.7. The van der Waals surface area contributed by atoms with Crippen LogP contribution in [0.3, 0.4) is 0 Å². The first kappa shape index (κ1) is 25.5. The van der Waals surface area contributed by atoms with Gasteiger partial charge in [-0.25, -0.2) is 4.98 Å². The molecule has 5 rings (SSSR count). The minimum absolute atomic E-state index is 0.484. The third-order valence-electron chi connectivity index (χ3n) is 6.94. The van der Waals surface area contributed by atoms with Crippen LogP contribution in [0, 0.1) is 0 Å². The fourth-order valence-corrected chi connectivity index (χ4v) is 9.78. The van der Waals surface area contributed by atoms with Crippen LogP contribution in [0.5, 0.6) is 0 Å². The normalized spacial score (nSPS) is 10.8. The number of imidazole rings is 1. The Bertz CT molecular complexity index is 1180. The predicted molar refractivity (Wildman–Crippen MR) is 159 cm³/mol. The quantitative estimate of drug-likeness (QED) is 0.282. The molecule has 0 saturated carbocycles. The molecule has 0 spiro atoms. The van der Waals surface area contributed by atoms with Crippen molar-refractivity contribution in [3.8, 4) is 0 Å². The summed E-state index contributed by atoms with van der Waals surface area (Å²) in [7, 11) is -1.83. The van der Waals surface area contributed by atoms with Gasteiger partial charge in [-0.1, -0.05) is 163 Å². The standard InChI is InChI=1S/C19H22N2Si.C13H13B/c1-2-15-22(17-21-14-13-20-16-21,18-9-5-3-6-10-18)19-11-7-4-8-12-19;1-14(12-8-4-2-5-9-12)13-10-6-3-7-11-13/h3-14,16H,2,15,17H2,1H3;2-11H,1H3. The van der Waals surface area contributed by atoms with E-state index in [1.807, 2.05) is 12.5 Å². The summed E-state index contributed by atoms with van der Waals surface area (Å²) in [6, 6.07) is 44.6. The van der Waals surface area contributed by atoms with Gasteiger partial charge in [-0.3, -0.25) is 0 Å². The van der Waals surface area contributed by atoms with Gasteiger partial charge >= 0.3 is 0 Å². The molecular formula is C32H35BN2Si. The molecule has 0 unspecified atom stereocenters. The lowest BCUT2D eigenvalue weighted by atomic mass is 9.43. The van der Waals surface area contributed by atoms with E-state index < -0.39 is 8.07 Å². The third-order valence-corrected chi connectivity index (χ3v) is 12.1. The zero-order valence-electron chi connectivity index (χ0n) is 21.4. The van der Waals surface area contributed by atoms with Crippen LogP contribution in [0.1, 0.15) is 13.3 Å². The highest BCUT2D eigenvalue weighted by Gasteiger charge is 2.36. The Labute approximate surface area is 217 Å². The van der Waals surface area contributed by atoms with Gasteiger partial charge in [0.2, 0.25) is 6.71 Å². The molecule has 36 heavy (non-hydrogen) atoms. The van der Waals surface area contributed by atoms with Crippen molar-refractivity contribution >= 4 is 36.1 Å². The van der Waals surface area contributed by atoms with Crippen LogP contribution < -0.4 is 21.3 Å². The molecule has 0 aliphatic rings. The van der Waals surface area contributed by atoms with E-state index in [-0.39, 0.29) is 0 Å². The molecule has 0 atom stereocenters. The summed E-state index contributed by atoms with van der Waals surface area (Å²) in [6.07, 6.45) is 8.16. The average molecular weight is 487 g/mol. The van der Waals surface area contributed by atoms with Crippen LogP contribution in [-0.4, -0.2) is 24.3 Å². The lowest BCUT2D eigenvalue weighted by Gasteiger charge is -2.33. The van der Waals surface area contributed by atoms with Crippen molar-refractivity contribution in [1.29, 1.82) is 0 Å². The van der Waals surface area contributed by atoms with Crippen molar-refractivity contribution in [3.63, 3.8) is 0 Å².